The molecule has 0 aromatic carbocycles. The highest BCUT2D eigenvalue weighted by Crippen LogP contribution is 2.42. The zero-order valence-electron chi connectivity index (χ0n) is 13.7. The molecule has 21 heavy (non-hydrogen) atoms. The topological polar surface area (TPSA) is 54.0 Å². The van der Waals surface area contributed by atoms with Crippen molar-refractivity contribution in [1.29, 1.82) is 0 Å². The van der Waals surface area contributed by atoms with Gasteiger partial charge in [-0.15, -0.1) is 11.3 Å². The number of aromatic nitrogens is 1. The number of carbonyl (C=O) groups excluding carboxylic acids is 1. The first-order valence-corrected chi connectivity index (χ1v) is 8.68. The minimum Gasteiger partial charge on any atom is -0.350 e. The largest absolute Gasteiger partial charge is 0.350 e. The Hall–Kier alpha value is -0.940. The Morgan fingerprint density at radius 2 is 2.19 bits per heavy atom. The van der Waals surface area contributed by atoms with Crippen LogP contribution in [0.15, 0.2) is 5.38 Å². The maximum Gasteiger partial charge on any atom is 0.237 e. The highest BCUT2D eigenvalue weighted by molar-refractivity contribution is 7.09. The molecule has 1 aromatic rings. The number of rotatable bonds is 6. The van der Waals surface area contributed by atoms with Crippen LogP contribution in [0.2, 0.25) is 0 Å². The molecule has 1 aromatic heterocycles. The van der Waals surface area contributed by atoms with Gasteiger partial charge >= 0.3 is 0 Å². The van der Waals surface area contributed by atoms with E-state index < -0.39 is 0 Å². The molecule has 5 heteroatoms. The van der Waals surface area contributed by atoms with Crippen LogP contribution in [0.5, 0.6) is 0 Å². The quantitative estimate of drug-likeness (QED) is 0.849. The van der Waals surface area contributed by atoms with Crippen LogP contribution in [0, 0.1) is 6.92 Å². The lowest BCUT2D eigenvalue weighted by atomic mass is 9.76. The van der Waals surface area contributed by atoms with E-state index in [2.05, 4.69) is 41.8 Å². The molecule has 1 aliphatic carbocycles. The van der Waals surface area contributed by atoms with Crippen LogP contribution in [0.1, 0.15) is 64.1 Å². The molecule has 2 N–H and O–H groups in total. The fraction of sp³-hybridized carbons (Fsp3) is 0.750. The molecule has 0 radical (unpaired) electrons. The third kappa shape index (κ3) is 3.64. The standard InChI is InChI=1S/C16H27N3OS/c1-6-15(4,5)19-13(20)12(3)18-16(8-7-9-16)14-17-11(2)10-21-14/h10,12,18H,6-9H2,1-5H3,(H,19,20)/t12-/m1/s1. The molecule has 0 aliphatic heterocycles. The van der Waals surface area contributed by atoms with E-state index in [1.807, 2.05) is 13.8 Å². The van der Waals surface area contributed by atoms with Gasteiger partial charge in [-0.05, 0) is 53.4 Å². The van der Waals surface area contributed by atoms with E-state index in [0.717, 1.165) is 30.0 Å². The number of aryl methyl sites for hydroxylation is 1. The number of nitrogens with zero attached hydrogens (tertiary/aromatic N) is 1. The van der Waals surface area contributed by atoms with Gasteiger partial charge in [0, 0.05) is 16.6 Å². The summed E-state index contributed by atoms with van der Waals surface area (Å²) >= 11 is 1.70. The smallest absolute Gasteiger partial charge is 0.237 e. The summed E-state index contributed by atoms with van der Waals surface area (Å²) in [5.74, 6) is 0.0707. The van der Waals surface area contributed by atoms with Gasteiger partial charge in [-0.25, -0.2) is 4.98 Å². The fourth-order valence-electron chi connectivity index (χ4n) is 2.53. The maximum atomic E-state index is 12.4. The van der Waals surface area contributed by atoms with Crippen LogP contribution >= 0.6 is 11.3 Å². The van der Waals surface area contributed by atoms with Crippen molar-refractivity contribution in [1.82, 2.24) is 15.6 Å². The first kappa shape index (κ1) is 16.4. The Morgan fingerprint density at radius 1 is 1.52 bits per heavy atom. The second-order valence-electron chi connectivity index (χ2n) is 6.82. The molecule has 0 unspecified atom stereocenters. The molecule has 0 bridgehead atoms. The van der Waals surface area contributed by atoms with Gasteiger partial charge in [-0.2, -0.15) is 0 Å². The Bertz CT molecular complexity index is 505. The third-order valence-corrected chi connectivity index (χ3v) is 5.63. The SMILES string of the molecule is CCC(C)(C)NC(=O)[C@@H](C)NC1(c2nc(C)cs2)CCC1. The number of amides is 1. The Kier molecular flexibility index (Phi) is 4.73. The lowest BCUT2D eigenvalue weighted by molar-refractivity contribution is -0.125. The van der Waals surface area contributed by atoms with Gasteiger partial charge in [-0.1, -0.05) is 6.92 Å². The molecular weight excluding hydrogens is 282 g/mol. The summed E-state index contributed by atoms with van der Waals surface area (Å²) in [7, 11) is 0. The predicted molar refractivity (Wildman–Crippen MR) is 87.5 cm³/mol. The zero-order chi connectivity index (χ0) is 15.7. The van der Waals surface area contributed by atoms with Gasteiger partial charge in [0.2, 0.25) is 5.91 Å². The van der Waals surface area contributed by atoms with Crippen molar-refractivity contribution in [2.75, 3.05) is 0 Å². The van der Waals surface area contributed by atoms with E-state index in [1.54, 1.807) is 11.3 Å². The van der Waals surface area contributed by atoms with E-state index in [0.29, 0.717) is 0 Å². The average Bonchev–Trinajstić information content (AvgIpc) is 2.79. The normalized spacial score (nSPS) is 18.9. The van der Waals surface area contributed by atoms with Crippen LogP contribution in [0.4, 0.5) is 0 Å². The van der Waals surface area contributed by atoms with Gasteiger partial charge < -0.3 is 5.32 Å². The molecule has 0 saturated heterocycles. The molecule has 1 fully saturated rings. The molecule has 1 heterocycles. The maximum absolute atomic E-state index is 12.4. The van der Waals surface area contributed by atoms with Crippen molar-refractivity contribution in [2.45, 2.75) is 77.4 Å². The van der Waals surface area contributed by atoms with Gasteiger partial charge in [0.05, 0.1) is 11.6 Å². The highest BCUT2D eigenvalue weighted by Gasteiger charge is 2.43. The van der Waals surface area contributed by atoms with E-state index in [-0.39, 0.29) is 23.0 Å². The van der Waals surface area contributed by atoms with Crippen molar-refractivity contribution < 1.29 is 4.79 Å². The average molecular weight is 309 g/mol. The summed E-state index contributed by atoms with van der Waals surface area (Å²) in [6, 6.07) is -0.208. The van der Waals surface area contributed by atoms with E-state index in [4.69, 9.17) is 0 Å². The molecule has 0 spiro atoms. The monoisotopic (exact) mass is 309 g/mol. The summed E-state index contributed by atoms with van der Waals surface area (Å²) in [6.45, 7) is 10.2. The summed E-state index contributed by atoms with van der Waals surface area (Å²) in [5.41, 5.74) is 0.816. The molecule has 2 rings (SSSR count). The lowest BCUT2D eigenvalue weighted by Crippen LogP contribution is -2.58. The van der Waals surface area contributed by atoms with Crippen LogP contribution in [-0.2, 0) is 10.3 Å². The zero-order valence-corrected chi connectivity index (χ0v) is 14.6. The fourth-order valence-corrected chi connectivity index (χ4v) is 3.55. The molecule has 1 aliphatic rings. The number of nitrogens with one attached hydrogen (secondary N) is 2. The summed E-state index contributed by atoms with van der Waals surface area (Å²) in [4.78, 5) is 17.0. The van der Waals surface area contributed by atoms with E-state index in [9.17, 15) is 4.79 Å². The third-order valence-electron chi connectivity index (χ3n) is 4.47. The van der Waals surface area contributed by atoms with Crippen molar-refractivity contribution in [3.05, 3.63) is 16.1 Å². The molecular formula is C16H27N3OS. The second-order valence-corrected chi connectivity index (χ2v) is 7.68. The molecule has 1 atom stereocenters. The van der Waals surface area contributed by atoms with Gasteiger partial charge in [0.25, 0.3) is 0 Å². The van der Waals surface area contributed by atoms with E-state index >= 15 is 0 Å². The molecule has 118 valence electrons. The first-order valence-electron chi connectivity index (χ1n) is 7.80. The van der Waals surface area contributed by atoms with Crippen LogP contribution in [0.3, 0.4) is 0 Å². The number of thiazole rings is 1. The number of carbonyl (C=O) groups is 1. The van der Waals surface area contributed by atoms with Crippen molar-refractivity contribution in [2.24, 2.45) is 0 Å². The highest BCUT2D eigenvalue weighted by atomic mass is 32.1. The first-order chi connectivity index (χ1) is 9.78. The van der Waals surface area contributed by atoms with Crippen molar-refractivity contribution in [3.63, 3.8) is 0 Å². The second kappa shape index (κ2) is 6.05. The van der Waals surface area contributed by atoms with Crippen LogP contribution in [0.25, 0.3) is 0 Å². The Morgan fingerprint density at radius 3 is 2.62 bits per heavy atom. The van der Waals surface area contributed by atoms with E-state index in [1.165, 1.54) is 6.42 Å². The predicted octanol–water partition coefficient (Wildman–Crippen LogP) is 3.11. The van der Waals surface area contributed by atoms with Crippen LogP contribution in [-0.4, -0.2) is 22.5 Å². The molecule has 4 nitrogen and oxygen atoms in total. The molecule has 1 saturated carbocycles. The Labute approximate surface area is 131 Å². The van der Waals surface area contributed by atoms with Gasteiger partial charge in [0.15, 0.2) is 0 Å². The number of hydrogen-bond acceptors (Lipinski definition) is 4. The Balaban J connectivity index is 2.03. The summed E-state index contributed by atoms with van der Waals surface area (Å²) in [5, 5.41) is 9.87. The van der Waals surface area contributed by atoms with Gasteiger partial charge in [0.1, 0.15) is 5.01 Å². The van der Waals surface area contributed by atoms with Crippen molar-refractivity contribution in [3.8, 4) is 0 Å². The van der Waals surface area contributed by atoms with Gasteiger partial charge in [-0.3, -0.25) is 10.1 Å². The van der Waals surface area contributed by atoms with Crippen molar-refractivity contribution >= 4 is 17.2 Å². The summed E-state index contributed by atoms with van der Waals surface area (Å²) < 4.78 is 0. The lowest BCUT2D eigenvalue weighted by Gasteiger charge is -2.43. The summed E-state index contributed by atoms with van der Waals surface area (Å²) in [6.07, 6.45) is 4.24. The molecule has 1 amide bonds. The van der Waals surface area contributed by atoms with Crippen LogP contribution < -0.4 is 10.6 Å². The minimum atomic E-state index is -0.208. The minimum absolute atomic E-state index is 0.0707. The number of hydrogen-bond donors (Lipinski definition) is 2.